The zero-order chi connectivity index (χ0) is 15.1. The van der Waals surface area contributed by atoms with Gasteiger partial charge in [-0.2, -0.15) is 0 Å². The molecule has 20 heavy (non-hydrogen) atoms. The molecular weight excluding hydrogens is 283 g/mol. The van der Waals surface area contributed by atoms with E-state index in [-0.39, 0.29) is 17.1 Å². The van der Waals surface area contributed by atoms with E-state index in [1.807, 2.05) is 6.92 Å². The number of carbonyl (C=O) groups is 1. The highest BCUT2D eigenvalue weighted by Crippen LogP contribution is 2.16. The van der Waals surface area contributed by atoms with E-state index in [9.17, 15) is 9.18 Å². The van der Waals surface area contributed by atoms with Crippen LogP contribution in [0.1, 0.15) is 18.9 Å². The first-order chi connectivity index (χ1) is 9.43. The quantitative estimate of drug-likeness (QED) is 0.877. The summed E-state index contributed by atoms with van der Waals surface area (Å²) in [6.07, 6.45) is 0.742. The number of nitrogens with one attached hydrogen (secondary N) is 1. The summed E-state index contributed by atoms with van der Waals surface area (Å²) in [5.74, 6) is -0.480. The second-order valence-electron chi connectivity index (χ2n) is 4.74. The zero-order valence-electron chi connectivity index (χ0n) is 12.0. The molecule has 1 N–H and O–H groups in total. The molecule has 1 aromatic rings. The van der Waals surface area contributed by atoms with Crippen LogP contribution in [0.5, 0.6) is 0 Å². The summed E-state index contributed by atoms with van der Waals surface area (Å²) in [5.41, 5.74) is 0.689. The molecule has 0 saturated carbocycles. The lowest BCUT2D eigenvalue weighted by molar-refractivity contribution is 0.177. The number of nitrogens with zero attached hydrogens (tertiary/aromatic N) is 1. The fourth-order valence-corrected chi connectivity index (χ4v) is 1.79. The monoisotopic (exact) mass is 302 g/mol. The van der Waals surface area contributed by atoms with Gasteiger partial charge in [0.25, 0.3) is 0 Å². The highest BCUT2D eigenvalue weighted by Gasteiger charge is 2.12. The van der Waals surface area contributed by atoms with Gasteiger partial charge in [0.05, 0.1) is 5.02 Å². The molecule has 0 aliphatic heterocycles. The van der Waals surface area contributed by atoms with E-state index >= 15 is 0 Å². The third-order valence-electron chi connectivity index (χ3n) is 2.88. The van der Waals surface area contributed by atoms with Crippen LogP contribution in [0.25, 0.3) is 0 Å². The summed E-state index contributed by atoms with van der Waals surface area (Å²) >= 11 is 5.62. The normalized spacial score (nSPS) is 12.1. The van der Waals surface area contributed by atoms with Crippen molar-refractivity contribution in [1.29, 1.82) is 0 Å². The Morgan fingerprint density at radius 3 is 2.85 bits per heavy atom. The molecule has 0 heterocycles. The number of hydrogen-bond acceptors (Lipinski definition) is 2. The van der Waals surface area contributed by atoms with Crippen LogP contribution in [0.15, 0.2) is 18.2 Å². The van der Waals surface area contributed by atoms with Crippen LogP contribution in [0.3, 0.4) is 0 Å². The topological polar surface area (TPSA) is 41.6 Å². The van der Waals surface area contributed by atoms with Crippen molar-refractivity contribution >= 4 is 17.6 Å². The van der Waals surface area contributed by atoms with Crippen LogP contribution < -0.4 is 5.32 Å². The minimum atomic E-state index is -0.480. The summed E-state index contributed by atoms with van der Waals surface area (Å²) in [4.78, 5) is 13.4. The predicted molar refractivity (Wildman–Crippen MR) is 77.4 cm³/mol. The van der Waals surface area contributed by atoms with E-state index in [1.54, 1.807) is 20.2 Å². The second-order valence-corrected chi connectivity index (χ2v) is 5.14. The summed E-state index contributed by atoms with van der Waals surface area (Å²) in [7, 11) is 3.28. The number of hydrogen-bond donors (Lipinski definition) is 1. The standard InChI is InChI=1S/C14H20ClFN2O2/c1-10(6-7-20-3)17-14(19)18(2)9-11-4-5-12(15)13(16)8-11/h4-5,8,10H,6-7,9H2,1-3H3,(H,17,19)/t10-/m1/s1. The number of benzene rings is 1. The van der Waals surface area contributed by atoms with Gasteiger partial charge in [-0.25, -0.2) is 9.18 Å². The number of urea groups is 1. The van der Waals surface area contributed by atoms with Crippen LogP contribution in [0.2, 0.25) is 5.02 Å². The fraction of sp³-hybridized carbons (Fsp3) is 0.500. The van der Waals surface area contributed by atoms with Gasteiger partial charge in [0.15, 0.2) is 0 Å². The number of methoxy groups -OCH3 is 1. The molecular formula is C14H20ClFN2O2. The van der Waals surface area contributed by atoms with Gasteiger partial charge in [-0.1, -0.05) is 17.7 Å². The minimum absolute atomic E-state index is 0.0202. The van der Waals surface area contributed by atoms with E-state index in [4.69, 9.17) is 16.3 Å². The Morgan fingerprint density at radius 1 is 1.55 bits per heavy atom. The highest BCUT2D eigenvalue weighted by atomic mass is 35.5. The number of rotatable bonds is 6. The Morgan fingerprint density at radius 2 is 2.25 bits per heavy atom. The molecule has 1 rings (SSSR count). The van der Waals surface area contributed by atoms with Crippen molar-refractivity contribution < 1.29 is 13.9 Å². The predicted octanol–water partition coefficient (Wildman–Crippen LogP) is 3.05. The lowest BCUT2D eigenvalue weighted by Gasteiger charge is -2.21. The number of amides is 2. The maximum atomic E-state index is 13.3. The summed E-state index contributed by atoms with van der Waals surface area (Å²) in [6.45, 7) is 2.82. The number of ether oxygens (including phenoxy) is 1. The molecule has 0 saturated heterocycles. The summed E-state index contributed by atoms with van der Waals surface area (Å²) in [6, 6.07) is 4.33. The Bertz CT molecular complexity index is 457. The van der Waals surface area contributed by atoms with E-state index in [1.165, 1.54) is 17.0 Å². The van der Waals surface area contributed by atoms with Crippen LogP contribution in [0, 0.1) is 5.82 Å². The fourth-order valence-electron chi connectivity index (χ4n) is 1.67. The van der Waals surface area contributed by atoms with Crippen molar-refractivity contribution in [1.82, 2.24) is 10.2 Å². The first-order valence-corrected chi connectivity index (χ1v) is 6.76. The van der Waals surface area contributed by atoms with E-state index in [2.05, 4.69) is 5.32 Å². The van der Waals surface area contributed by atoms with Crippen molar-refractivity contribution in [2.75, 3.05) is 20.8 Å². The molecule has 1 atom stereocenters. The smallest absolute Gasteiger partial charge is 0.317 e. The molecule has 2 amide bonds. The van der Waals surface area contributed by atoms with Crippen molar-refractivity contribution in [2.45, 2.75) is 25.9 Å². The lowest BCUT2D eigenvalue weighted by atomic mass is 10.2. The van der Waals surface area contributed by atoms with Crippen molar-refractivity contribution in [2.24, 2.45) is 0 Å². The van der Waals surface area contributed by atoms with Gasteiger partial charge >= 0.3 is 6.03 Å². The molecule has 0 aliphatic carbocycles. The van der Waals surface area contributed by atoms with Crippen LogP contribution in [-0.2, 0) is 11.3 Å². The van der Waals surface area contributed by atoms with Crippen molar-refractivity contribution in [3.8, 4) is 0 Å². The largest absolute Gasteiger partial charge is 0.385 e. The molecule has 1 aromatic carbocycles. The third kappa shape index (κ3) is 5.35. The zero-order valence-corrected chi connectivity index (χ0v) is 12.7. The maximum absolute atomic E-state index is 13.3. The molecule has 0 spiro atoms. The van der Waals surface area contributed by atoms with E-state index in [0.29, 0.717) is 18.7 Å². The first kappa shape index (κ1) is 16.7. The Labute approximate surface area is 123 Å². The third-order valence-corrected chi connectivity index (χ3v) is 3.18. The molecule has 0 aliphatic rings. The minimum Gasteiger partial charge on any atom is -0.385 e. The second kappa shape index (κ2) is 8.07. The molecule has 4 nitrogen and oxygen atoms in total. The molecule has 0 fully saturated rings. The van der Waals surface area contributed by atoms with Gasteiger partial charge in [0.2, 0.25) is 0 Å². The first-order valence-electron chi connectivity index (χ1n) is 6.38. The average molecular weight is 303 g/mol. The molecule has 0 unspecified atom stereocenters. The van der Waals surface area contributed by atoms with Gasteiger partial charge in [0.1, 0.15) is 5.82 Å². The number of halogens is 2. The molecule has 0 bridgehead atoms. The molecule has 112 valence electrons. The van der Waals surface area contributed by atoms with Crippen LogP contribution in [0.4, 0.5) is 9.18 Å². The molecule has 0 aromatic heterocycles. The van der Waals surface area contributed by atoms with Gasteiger partial charge < -0.3 is 15.0 Å². The summed E-state index contributed by atoms with van der Waals surface area (Å²) < 4.78 is 18.3. The van der Waals surface area contributed by atoms with Gasteiger partial charge in [-0.05, 0) is 31.0 Å². The van der Waals surface area contributed by atoms with Crippen molar-refractivity contribution in [3.63, 3.8) is 0 Å². The Kier molecular flexibility index (Phi) is 6.75. The molecule has 0 radical (unpaired) electrons. The Hall–Kier alpha value is -1.33. The van der Waals surface area contributed by atoms with Crippen molar-refractivity contribution in [3.05, 3.63) is 34.6 Å². The van der Waals surface area contributed by atoms with E-state index in [0.717, 1.165) is 6.42 Å². The van der Waals surface area contributed by atoms with Gasteiger partial charge in [-0.3, -0.25) is 0 Å². The Balaban J connectivity index is 2.50. The van der Waals surface area contributed by atoms with Gasteiger partial charge in [-0.15, -0.1) is 0 Å². The van der Waals surface area contributed by atoms with Crippen LogP contribution >= 0.6 is 11.6 Å². The highest BCUT2D eigenvalue weighted by molar-refractivity contribution is 6.30. The van der Waals surface area contributed by atoms with Gasteiger partial charge in [0, 0.05) is 33.4 Å². The summed E-state index contributed by atoms with van der Waals surface area (Å²) in [5, 5.41) is 2.93. The average Bonchev–Trinajstić information content (AvgIpc) is 2.40. The van der Waals surface area contributed by atoms with E-state index < -0.39 is 5.82 Å². The maximum Gasteiger partial charge on any atom is 0.317 e. The van der Waals surface area contributed by atoms with Crippen LogP contribution in [-0.4, -0.2) is 37.7 Å². The lowest BCUT2D eigenvalue weighted by Crippen LogP contribution is -2.41. The molecule has 6 heteroatoms. The SMILES string of the molecule is COCC[C@@H](C)NC(=O)N(C)Cc1ccc(Cl)c(F)c1. The number of carbonyl (C=O) groups excluding carboxylic acids is 1.